The van der Waals surface area contributed by atoms with E-state index < -0.39 is 12.0 Å². The minimum atomic E-state index is -0.718. The van der Waals surface area contributed by atoms with Gasteiger partial charge in [0, 0.05) is 22.5 Å². The molecular weight excluding hydrogens is 464 g/mol. The largest absolute Gasteiger partial charge is 0.495 e. The van der Waals surface area contributed by atoms with Crippen molar-refractivity contribution in [1.82, 2.24) is 4.90 Å². The Morgan fingerprint density at radius 1 is 1.03 bits per heavy atom. The van der Waals surface area contributed by atoms with Crippen molar-refractivity contribution >= 4 is 40.4 Å². The summed E-state index contributed by atoms with van der Waals surface area (Å²) in [5.74, 6) is 0.119. The van der Waals surface area contributed by atoms with Crippen LogP contribution in [0.5, 0.6) is 17.2 Å². The monoisotopic (exact) mass is 486 g/mol. The second kappa shape index (κ2) is 9.33. The van der Waals surface area contributed by atoms with Gasteiger partial charge < -0.3 is 24.4 Å². The molecule has 0 aliphatic carbocycles. The highest BCUT2D eigenvalue weighted by molar-refractivity contribution is 7.10. The van der Waals surface area contributed by atoms with Gasteiger partial charge in [-0.25, -0.2) is 0 Å². The Labute approximate surface area is 200 Å². The summed E-state index contributed by atoms with van der Waals surface area (Å²) in [4.78, 5) is 29.6. The van der Waals surface area contributed by atoms with Crippen LogP contribution < -0.4 is 19.5 Å². The maximum absolute atomic E-state index is 13.8. The molecule has 0 fully saturated rings. The third-order valence-electron chi connectivity index (χ3n) is 5.71. The van der Waals surface area contributed by atoms with Gasteiger partial charge in [0.1, 0.15) is 5.75 Å². The smallest absolute Gasteiger partial charge is 0.254 e. The number of hydrogen-bond acceptors (Lipinski definition) is 6. The first-order chi connectivity index (χ1) is 15.9. The van der Waals surface area contributed by atoms with Crippen LogP contribution >= 0.6 is 22.9 Å². The second-order valence-electron chi connectivity index (χ2n) is 7.48. The lowest BCUT2D eigenvalue weighted by Gasteiger charge is -2.39. The van der Waals surface area contributed by atoms with Crippen LogP contribution in [0.3, 0.4) is 0 Å². The Balaban J connectivity index is 1.87. The molecule has 4 rings (SSSR count). The molecule has 0 bridgehead atoms. The molecule has 1 aliphatic heterocycles. The molecule has 0 radical (unpaired) electrons. The third kappa shape index (κ3) is 4.12. The van der Waals surface area contributed by atoms with Gasteiger partial charge in [0.2, 0.25) is 5.91 Å². The number of thiophene rings is 1. The van der Waals surface area contributed by atoms with E-state index in [0.717, 1.165) is 4.88 Å². The number of benzene rings is 2. The number of nitrogens with zero attached hydrogens (tertiary/aromatic N) is 1. The van der Waals surface area contributed by atoms with E-state index in [2.05, 4.69) is 5.32 Å². The van der Waals surface area contributed by atoms with E-state index in [9.17, 15) is 9.59 Å². The number of nitrogens with one attached hydrogen (secondary N) is 1. The number of carbonyl (C=O) groups is 2. The third-order valence-corrected chi connectivity index (χ3v) is 6.89. The van der Waals surface area contributed by atoms with E-state index in [1.807, 2.05) is 17.5 Å². The van der Waals surface area contributed by atoms with Crippen LogP contribution in [0.4, 0.5) is 5.69 Å². The number of halogens is 1. The summed E-state index contributed by atoms with van der Waals surface area (Å²) >= 11 is 7.65. The molecule has 0 unspecified atom stereocenters. The van der Waals surface area contributed by atoms with Crippen LogP contribution in [0.15, 0.2) is 47.8 Å². The molecule has 0 saturated heterocycles. The van der Waals surface area contributed by atoms with E-state index in [1.54, 1.807) is 42.3 Å². The first kappa shape index (κ1) is 22.9. The Morgan fingerprint density at radius 2 is 1.73 bits per heavy atom. The van der Waals surface area contributed by atoms with Crippen LogP contribution in [-0.4, -0.2) is 45.1 Å². The van der Waals surface area contributed by atoms with Gasteiger partial charge in [-0.05, 0) is 47.3 Å². The van der Waals surface area contributed by atoms with Crippen molar-refractivity contribution in [2.45, 2.75) is 12.0 Å². The molecule has 1 N–H and O–H groups in total. The summed E-state index contributed by atoms with van der Waals surface area (Å²) in [6, 6.07) is 11.6. The number of anilines is 1. The highest BCUT2D eigenvalue weighted by atomic mass is 35.5. The van der Waals surface area contributed by atoms with Gasteiger partial charge in [0.05, 0.1) is 39.0 Å². The highest BCUT2D eigenvalue weighted by Gasteiger charge is 2.44. The lowest BCUT2D eigenvalue weighted by Crippen LogP contribution is -2.43. The van der Waals surface area contributed by atoms with Crippen LogP contribution in [-0.2, 0) is 4.79 Å². The summed E-state index contributed by atoms with van der Waals surface area (Å²) in [6.45, 7) is 0. The van der Waals surface area contributed by atoms with E-state index in [4.69, 9.17) is 25.8 Å². The Hall–Kier alpha value is -3.23. The van der Waals surface area contributed by atoms with E-state index >= 15 is 0 Å². The summed E-state index contributed by atoms with van der Waals surface area (Å²) in [6.07, 6.45) is 0. The van der Waals surface area contributed by atoms with Gasteiger partial charge >= 0.3 is 0 Å². The van der Waals surface area contributed by atoms with E-state index in [1.165, 1.54) is 32.7 Å². The van der Waals surface area contributed by atoms with Gasteiger partial charge in [-0.15, -0.1) is 11.3 Å². The molecule has 7 nitrogen and oxygen atoms in total. The maximum Gasteiger partial charge on any atom is 0.254 e. The van der Waals surface area contributed by atoms with Gasteiger partial charge in [-0.3, -0.25) is 9.59 Å². The minimum Gasteiger partial charge on any atom is -0.495 e. The molecule has 2 atom stereocenters. The van der Waals surface area contributed by atoms with Crippen LogP contribution in [0.1, 0.15) is 32.8 Å². The molecule has 1 aliphatic rings. The Kier molecular flexibility index (Phi) is 6.49. The second-order valence-corrected chi connectivity index (χ2v) is 8.90. The van der Waals surface area contributed by atoms with Crippen LogP contribution in [0.2, 0.25) is 5.02 Å². The van der Waals surface area contributed by atoms with Gasteiger partial charge in [0.15, 0.2) is 11.5 Å². The average Bonchev–Trinajstić information content (AvgIpc) is 3.34. The molecule has 3 aromatic rings. The first-order valence-electron chi connectivity index (χ1n) is 10.1. The molecule has 33 heavy (non-hydrogen) atoms. The first-order valence-corrected chi connectivity index (χ1v) is 11.4. The van der Waals surface area contributed by atoms with Crippen molar-refractivity contribution in [2.24, 2.45) is 0 Å². The van der Waals surface area contributed by atoms with Gasteiger partial charge in [0.25, 0.3) is 5.91 Å². The number of likely N-dealkylation sites (N-methyl/N-ethyl adjacent to an activating group) is 1. The highest BCUT2D eigenvalue weighted by Crippen LogP contribution is 2.47. The predicted molar refractivity (Wildman–Crippen MR) is 128 cm³/mol. The summed E-state index contributed by atoms with van der Waals surface area (Å²) < 4.78 is 16.3. The summed E-state index contributed by atoms with van der Waals surface area (Å²) in [5, 5.41) is 5.34. The zero-order valence-corrected chi connectivity index (χ0v) is 20.1. The summed E-state index contributed by atoms with van der Waals surface area (Å²) in [7, 11) is 6.24. The van der Waals surface area contributed by atoms with Gasteiger partial charge in [-0.2, -0.15) is 0 Å². The Morgan fingerprint density at radius 3 is 2.36 bits per heavy atom. The quantitative estimate of drug-likeness (QED) is 0.532. The van der Waals surface area contributed by atoms with Crippen molar-refractivity contribution in [3.63, 3.8) is 0 Å². The number of ether oxygens (including phenoxy) is 3. The molecular formula is C24H23ClN2O5S. The number of rotatable bonds is 6. The number of fused-ring (bicyclic) bond motifs is 1. The molecule has 172 valence electrons. The van der Waals surface area contributed by atoms with E-state index in [-0.39, 0.29) is 11.8 Å². The minimum absolute atomic E-state index is 0.200. The lowest BCUT2D eigenvalue weighted by atomic mass is 9.81. The van der Waals surface area contributed by atoms with Gasteiger partial charge in [-0.1, -0.05) is 17.7 Å². The molecule has 0 saturated carbocycles. The fourth-order valence-electron chi connectivity index (χ4n) is 4.13. The van der Waals surface area contributed by atoms with Crippen molar-refractivity contribution in [2.75, 3.05) is 33.7 Å². The molecule has 1 aromatic heterocycles. The molecule has 9 heteroatoms. The van der Waals surface area contributed by atoms with Crippen LogP contribution in [0.25, 0.3) is 0 Å². The lowest BCUT2D eigenvalue weighted by molar-refractivity contribution is -0.119. The van der Waals surface area contributed by atoms with Crippen molar-refractivity contribution < 1.29 is 23.8 Å². The van der Waals surface area contributed by atoms with E-state index in [0.29, 0.717) is 39.1 Å². The Bertz CT molecular complexity index is 1200. The van der Waals surface area contributed by atoms with Crippen molar-refractivity contribution in [3.05, 3.63) is 68.9 Å². The van der Waals surface area contributed by atoms with Crippen molar-refractivity contribution in [3.8, 4) is 17.2 Å². The number of hydrogen-bond donors (Lipinski definition) is 1. The molecule has 2 aromatic carbocycles. The normalized spacial score (nSPS) is 17.4. The molecule has 2 amide bonds. The average molecular weight is 487 g/mol. The number of amides is 2. The number of methoxy groups -OCH3 is 3. The standard InChI is InChI=1S/C24H23ClN2O5S/c1-27-22(20-6-5-9-33-20)21(23(28)26-16-10-13(25)7-8-17(16)30-2)14-11-18(31-3)19(32-4)12-15(14)24(27)29/h5-12,21-22H,1-4H3,(H,26,28)/t21-,22+/m0/s1. The fraction of sp³-hybridized carbons (Fsp3) is 0.250. The maximum atomic E-state index is 13.8. The molecule has 0 spiro atoms. The van der Waals surface area contributed by atoms with Crippen molar-refractivity contribution in [1.29, 1.82) is 0 Å². The zero-order valence-electron chi connectivity index (χ0n) is 18.5. The van der Waals surface area contributed by atoms with Crippen LogP contribution in [0, 0.1) is 0 Å². The predicted octanol–water partition coefficient (Wildman–Crippen LogP) is 4.98. The fourth-order valence-corrected chi connectivity index (χ4v) is 5.21. The topological polar surface area (TPSA) is 77.1 Å². The SMILES string of the molecule is COc1ccc(Cl)cc1NC(=O)[C@H]1c2cc(OC)c(OC)cc2C(=O)N(C)[C@@H]1c1cccs1. The molecule has 2 heterocycles. The number of carbonyl (C=O) groups excluding carboxylic acids is 2. The summed E-state index contributed by atoms with van der Waals surface area (Å²) in [5.41, 5.74) is 1.40. The zero-order chi connectivity index (χ0) is 23.7.